The summed E-state index contributed by atoms with van der Waals surface area (Å²) in [6, 6.07) is 15.2. The fraction of sp³-hybridized carbons (Fsp3) is 0.385. The van der Waals surface area contributed by atoms with E-state index in [0.717, 1.165) is 37.4 Å². The summed E-state index contributed by atoms with van der Waals surface area (Å²) in [5.74, 6) is 1.26. The fourth-order valence-corrected chi connectivity index (χ4v) is 5.68. The molecule has 0 amide bonds. The lowest BCUT2D eigenvalue weighted by Gasteiger charge is -2.34. The van der Waals surface area contributed by atoms with Crippen LogP contribution in [0.15, 0.2) is 59.6 Å². The summed E-state index contributed by atoms with van der Waals surface area (Å²) in [5, 5.41) is 6.52. The Hall–Kier alpha value is -3.17. The number of aryl methyl sites for hydroxylation is 1. The maximum absolute atomic E-state index is 12.6. The Bertz CT molecular complexity index is 1250. The second-order valence-corrected chi connectivity index (χ2v) is 11.5. The van der Waals surface area contributed by atoms with Gasteiger partial charge in [-0.1, -0.05) is 19.9 Å². The summed E-state index contributed by atoms with van der Waals surface area (Å²) in [4.78, 5) is 14.1. The van der Waals surface area contributed by atoms with Gasteiger partial charge in [0, 0.05) is 55.0 Å². The predicted molar refractivity (Wildman–Crippen MR) is 143 cm³/mol. The summed E-state index contributed by atoms with van der Waals surface area (Å²) < 4.78 is 25.3. The van der Waals surface area contributed by atoms with Gasteiger partial charge >= 0.3 is 0 Å². The van der Waals surface area contributed by atoms with Gasteiger partial charge in [-0.15, -0.1) is 0 Å². The van der Waals surface area contributed by atoms with Gasteiger partial charge < -0.3 is 20.4 Å². The Balaban J connectivity index is 1.46. The van der Waals surface area contributed by atoms with Gasteiger partial charge in [-0.3, -0.25) is 0 Å². The molecule has 0 atom stereocenters. The molecule has 1 aliphatic rings. The van der Waals surface area contributed by atoms with Crippen molar-refractivity contribution in [2.45, 2.75) is 25.7 Å². The fourth-order valence-electron chi connectivity index (χ4n) is 4.02. The second-order valence-electron chi connectivity index (χ2n) is 9.52. The number of aromatic nitrogens is 2. The number of hydrogen-bond acceptors (Lipinski definition) is 8. The van der Waals surface area contributed by atoms with E-state index in [1.54, 1.807) is 24.4 Å². The Morgan fingerprint density at radius 3 is 2.37 bits per heavy atom. The lowest BCUT2D eigenvalue weighted by molar-refractivity contribution is 0.313. The highest BCUT2D eigenvalue weighted by Gasteiger charge is 2.17. The van der Waals surface area contributed by atoms with Crippen LogP contribution in [0.3, 0.4) is 0 Å². The van der Waals surface area contributed by atoms with Gasteiger partial charge in [0.05, 0.1) is 10.6 Å². The van der Waals surface area contributed by atoms with E-state index in [-0.39, 0.29) is 11.7 Å². The van der Waals surface area contributed by atoms with Crippen LogP contribution in [0, 0.1) is 12.8 Å². The monoisotopic (exact) mass is 494 g/mol. The molecule has 8 nitrogen and oxygen atoms in total. The number of nitrogens with one attached hydrogen (secondary N) is 2. The zero-order valence-electron chi connectivity index (χ0n) is 20.8. The van der Waals surface area contributed by atoms with Crippen molar-refractivity contribution in [3.05, 3.63) is 60.3 Å². The minimum Gasteiger partial charge on any atom is -0.369 e. The number of hydrogen-bond donors (Lipinski definition) is 2. The molecule has 0 unspecified atom stereocenters. The lowest BCUT2D eigenvalue weighted by Crippen LogP contribution is -2.44. The molecule has 35 heavy (non-hydrogen) atoms. The van der Waals surface area contributed by atoms with Gasteiger partial charge in [0.2, 0.25) is 5.95 Å². The van der Waals surface area contributed by atoms with Crippen molar-refractivity contribution in [1.29, 1.82) is 0 Å². The highest BCUT2D eigenvalue weighted by atomic mass is 32.2. The van der Waals surface area contributed by atoms with E-state index < -0.39 is 9.84 Å². The third-order valence-corrected chi connectivity index (χ3v) is 8.05. The molecule has 0 radical (unpaired) electrons. The van der Waals surface area contributed by atoms with Crippen LogP contribution in [0.2, 0.25) is 0 Å². The molecule has 1 aliphatic heterocycles. The molecule has 9 heteroatoms. The van der Waals surface area contributed by atoms with Crippen LogP contribution in [0.5, 0.6) is 0 Å². The van der Waals surface area contributed by atoms with Gasteiger partial charge in [0.25, 0.3) is 0 Å². The Kier molecular flexibility index (Phi) is 7.57. The summed E-state index contributed by atoms with van der Waals surface area (Å²) in [6.45, 7) is 9.91. The highest BCUT2D eigenvalue weighted by Crippen LogP contribution is 2.25. The van der Waals surface area contributed by atoms with Gasteiger partial charge in [-0.05, 0) is 62.4 Å². The third-order valence-electron chi connectivity index (χ3n) is 5.97. The van der Waals surface area contributed by atoms with Crippen molar-refractivity contribution in [1.82, 2.24) is 14.9 Å². The first-order valence-electron chi connectivity index (χ1n) is 11.9. The smallest absolute Gasteiger partial charge is 0.229 e. The number of sulfone groups is 1. The van der Waals surface area contributed by atoms with Gasteiger partial charge in [-0.25, -0.2) is 13.4 Å². The summed E-state index contributed by atoms with van der Waals surface area (Å²) >= 11 is 0. The van der Waals surface area contributed by atoms with Gasteiger partial charge in [0.15, 0.2) is 9.84 Å². The molecule has 4 rings (SSSR count). The molecule has 1 saturated heterocycles. The van der Waals surface area contributed by atoms with E-state index in [1.807, 2.05) is 39.0 Å². The number of likely N-dealkylation sites (N-methyl/N-ethyl adjacent to an activating group) is 1. The van der Waals surface area contributed by atoms with Crippen molar-refractivity contribution in [2.24, 2.45) is 5.92 Å². The van der Waals surface area contributed by atoms with Crippen molar-refractivity contribution >= 4 is 38.7 Å². The van der Waals surface area contributed by atoms with Gasteiger partial charge in [-0.2, -0.15) is 4.98 Å². The second kappa shape index (κ2) is 10.6. The Labute approximate surface area is 208 Å². The molecular weight excluding hydrogens is 460 g/mol. The van der Waals surface area contributed by atoms with E-state index in [9.17, 15) is 8.42 Å². The van der Waals surface area contributed by atoms with E-state index >= 15 is 0 Å². The normalized spacial score (nSPS) is 14.8. The van der Waals surface area contributed by atoms with Crippen LogP contribution in [0.25, 0.3) is 0 Å². The molecule has 0 aliphatic carbocycles. The van der Waals surface area contributed by atoms with E-state index in [1.165, 1.54) is 5.69 Å². The SMILES string of the molecule is Cc1cnc(Nc2ccc(N3CCN(C)CC3)cc2)nc1Nc1cccc(S(=O)(=O)CC(C)C)c1. The summed E-state index contributed by atoms with van der Waals surface area (Å²) in [7, 11) is -1.19. The quantitative estimate of drug-likeness (QED) is 0.475. The molecule has 2 aromatic carbocycles. The lowest BCUT2D eigenvalue weighted by atomic mass is 10.2. The van der Waals surface area contributed by atoms with Crippen LogP contribution in [-0.2, 0) is 9.84 Å². The highest BCUT2D eigenvalue weighted by molar-refractivity contribution is 7.91. The molecule has 0 spiro atoms. The minimum atomic E-state index is -3.34. The van der Waals surface area contributed by atoms with Crippen LogP contribution in [0.1, 0.15) is 19.4 Å². The first-order chi connectivity index (χ1) is 16.7. The van der Waals surface area contributed by atoms with Crippen LogP contribution < -0.4 is 15.5 Å². The maximum Gasteiger partial charge on any atom is 0.229 e. The molecule has 3 aromatic rings. The molecule has 0 bridgehead atoms. The summed E-state index contributed by atoms with van der Waals surface area (Å²) in [6.07, 6.45) is 1.75. The van der Waals surface area contributed by atoms with Gasteiger partial charge in [0.1, 0.15) is 5.82 Å². The van der Waals surface area contributed by atoms with Crippen molar-refractivity contribution < 1.29 is 8.42 Å². The first-order valence-corrected chi connectivity index (χ1v) is 13.6. The Morgan fingerprint density at radius 1 is 0.971 bits per heavy atom. The molecule has 1 fully saturated rings. The zero-order chi connectivity index (χ0) is 25.0. The molecule has 2 heterocycles. The topological polar surface area (TPSA) is 90.5 Å². The molecular formula is C26H34N6O2S. The number of nitrogens with zero attached hydrogens (tertiary/aromatic N) is 4. The largest absolute Gasteiger partial charge is 0.369 e. The van der Waals surface area contributed by atoms with E-state index in [2.05, 4.69) is 49.6 Å². The number of piperazine rings is 1. The zero-order valence-corrected chi connectivity index (χ0v) is 21.6. The minimum absolute atomic E-state index is 0.0602. The van der Waals surface area contributed by atoms with E-state index in [0.29, 0.717) is 22.3 Å². The number of benzene rings is 2. The van der Waals surface area contributed by atoms with Crippen molar-refractivity contribution in [2.75, 3.05) is 54.5 Å². The number of anilines is 5. The Morgan fingerprint density at radius 2 is 1.69 bits per heavy atom. The predicted octanol–water partition coefficient (Wildman–Crippen LogP) is 4.45. The van der Waals surface area contributed by atoms with E-state index in [4.69, 9.17) is 0 Å². The molecule has 0 saturated carbocycles. The average molecular weight is 495 g/mol. The average Bonchev–Trinajstić information content (AvgIpc) is 2.82. The molecule has 186 valence electrons. The molecule has 2 N–H and O–H groups in total. The van der Waals surface area contributed by atoms with Crippen molar-refractivity contribution in [3.63, 3.8) is 0 Å². The molecule has 1 aromatic heterocycles. The maximum atomic E-state index is 12.6. The van der Waals surface area contributed by atoms with Crippen LogP contribution >= 0.6 is 0 Å². The first kappa shape index (κ1) is 24.9. The van der Waals surface area contributed by atoms with Crippen LogP contribution in [-0.4, -0.2) is 62.3 Å². The number of rotatable bonds is 8. The van der Waals surface area contributed by atoms with Crippen LogP contribution in [0.4, 0.5) is 28.8 Å². The summed E-state index contributed by atoms with van der Waals surface area (Å²) in [5.41, 5.74) is 3.64. The van der Waals surface area contributed by atoms with Crippen molar-refractivity contribution in [3.8, 4) is 0 Å². The third kappa shape index (κ3) is 6.49. The standard InChI is InChI=1S/C26H34N6O2S/c1-19(2)18-35(33,34)24-7-5-6-22(16-24)28-25-20(3)17-27-26(30-25)29-21-8-10-23(11-9-21)32-14-12-31(4)13-15-32/h5-11,16-17,19H,12-15,18H2,1-4H3,(H2,27,28,29,30).